The summed E-state index contributed by atoms with van der Waals surface area (Å²) in [6.45, 7) is 4.49. The largest absolute Gasteiger partial charge is 0.416 e. The number of halogens is 3. The highest BCUT2D eigenvalue weighted by atomic mass is 32.2. The number of alkyl halides is 3. The highest BCUT2D eigenvalue weighted by molar-refractivity contribution is 7.92. The number of nitrogens with one attached hydrogen (secondary N) is 2. The van der Waals surface area contributed by atoms with Crippen LogP contribution in [-0.4, -0.2) is 44.8 Å². The minimum atomic E-state index is -4.43. The van der Waals surface area contributed by atoms with Crippen LogP contribution in [0.3, 0.4) is 0 Å². The van der Waals surface area contributed by atoms with Crippen molar-refractivity contribution in [3.63, 3.8) is 0 Å². The SMILES string of the molecule is C=CS(=O)(=O)NC[C@H]1CCN(C(=O)c2ccc(C(Cc3ccccc3)C(=O)NCc3ccc(C(F)(F)F)cc3)cc2)C1. The van der Waals surface area contributed by atoms with Crippen molar-refractivity contribution in [1.29, 1.82) is 0 Å². The van der Waals surface area contributed by atoms with Gasteiger partial charge in [-0.3, -0.25) is 9.59 Å². The lowest BCUT2D eigenvalue weighted by atomic mass is 9.90. The second kappa shape index (κ2) is 13.3. The van der Waals surface area contributed by atoms with Crippen molar-refractivity contribution in [2.45, 2.75) is 31.5 Å². The van der Waals surface area contributed by atoms with E-state index in [1.165, 1.54) is 12.1 Å². The first-order chi connectivity index (χ1) is 19.9. The third kappa shape index (κ3) is 8.29. The zero-order chi connectivity index (χ0) is 30.3. The third-order valence-electron chi connectivity index (χ3n) is 7.27. The van der Waals surface area contributed by atoms with Crippen LogP contribution >= 0.6 is 0 Å². The lowest BCUT2D eigenvalue weighted by Gasteiger charge is -2.20. The van der Waals surface area contributed by atoms with Crippen LogP contribution in [0.4, 0.5) is 13.2 Å². The summed E-state index contributed by atoms with van der Waals surface area (Å²) in [6.07, 6.45) is -3.37. The van der Waals surface area contributed by atoms with Gasteiger partial charge in [-0.2, -0.15) is 13.2 Å². The molecule has 0 bridgehead atoms. The maximum atomic E-state index is 13.3. The number of hydrogen-bond acceptors (Lipinski definition) is 4. The van der Waals surface area contributed by atoms with Crippen molar-refractivity contribution in [1.82, 2.24) is 14.9 Å². The van der Waals surface area contributed by atoms with E-state index in [1.807, 2.05) is 30.3 Å². The Morgan fingerprint density at radius 3 is 2.26 bits per heavy atom. The van der Waals surface area contributed by atoms with Crippen molar-refractivity contribution >= 4 is 21.8 Å². The van der Waals surface area contributed by atoms with E-state index in [1.54, 1.807) is 29.2 Å². The molecule has 4 rings (SSSR count). The molecule has 1 aliphatic rings. The molecule has 42 heavy (non-hydrogen) atoms. The van der Waals surface area contributed by atoms with Gasteiger partial charge in [-0.05, 0) is 59.7 Å². The van der Waals surface area contributed by atoms with Crippen molar-refractivity contribution < 1.29 is 31.2 Å². The number of nitrogens with zero attached hydrogens (tertiary/aromatic N) is 1. The maximum Gasteiger partial charge on any atom is 0.416 e. The van der Waals surface area contributed by atoms with Gasteiger partial charge in [-0.25, -0.2) is 13.1 Å². The Morgan fingerprint density at radius 2 is 1.64 bits per heavy atom. The third-order valence-corrected chi connectivity index (χ3v) is 8.28. The van der Waals surface area contributed by atoms with Gasteiger partial charge in [0.25, 0.3) is 5.91 Å². The van der Waals surface area contributed by atoms with Gasteiger partial charge in [0.1, 0.15) is 0 Å². The van der Waals surface area contributed by atoms with Crippen molar-refractivity contribution in [3.8, 4) is 0 Å². The Labute approximate surface area is 243 Å². The van der Waals surface area contributed by atoms with Crippen LogP contribution in [0.5, 0.6) is 0 Å². The smallest absolute Gasteiger partial charge is 0.351 e. The van der Waals surface area contributed by atoms with Gasteiger partial charge in [-0.1, -0.05) is 61.2 Å². The Kier molecular flexibility index (Phi) is 9.85. The fraction of sp³-hybridized carbons (Fsp3) is 0.290. The first kappa shape index (κ1) is 31.0. The molecule has 0 aliphatic carbocycles. The first-order valence-electron chi connectivity index (χ1n) is 13.4. The monoisotopic (exact) mass is 599 g/mol. The van der Waals surface area contributed by atoms with E-state index in [-0.39, 0.29) is 30.8 Å². The molecule has 3 aromatic carbocycles. The second-order valence-corrected chi connectivity index (χ2v) is 12.0. The van der Waals surface area contributed by atoms with Gasteiger partial charge in [0.15, 0.2) is 0 Å². The molecule has 0 aromatic heterocycles. The summed E-state index contributed by atoms with van der Waals surface area (Å²) in [7, 11) is -3.53. The van der Waals surface area contributed by atoms with E-state index in [0.29, 0.717) is 42.6 Å². The maximum absolute atomic E-state index is 13.3. The van der Waals surface area contributed by atoms with E-state index < -0.39 is 27.7 Å². The summed E-state index contributed by atoms with van der Waals surface area (Å²) >= 11 is 0. The molecule has 7 nitrogen and oxygen atoms in total. The summed E-state index contributed by atoms with van der Waals surface area (Å²) in [6, 6.07) is 20.9. The van der Waals surface area contributed by atoms with Gasteiger partial charge in [0.2, 0.25) is 15.9 Å². The minimum absolute atomic E-state index is 0.00781. The molecule has 1 saturated heterocycles. The molecule has 1 aliphatic heterocycles. The molecular formula is C31H32F3N3O4S. The summed E-state index contributed by atoms with van der Waals surface area (Å²) in [4.78, 5) is 28.1. The lowest BCUT2D eigenvalue weighted by Crippen LogP contribution is -2.32. The van der Waals surface area contributed by atoms with Gasteiger partial charge in [-0.15, -0.1) is 0 Å². The summed E-state index contributed by atoms with van der Waals surface area (Å²) in [5.41, 5.74) is 1.86. The summed E-state index contributed by atoms with van der Waals surface area (Å²) in [5, 5.41) is 3.69. The molecule has 2 amide bonds. The molecule has 1 unspecified atom stereocenters. The van der Waals surface area contributed by atoms with E-state index in [0.717, 1.165) is 23.1 Å². The fourth-order valence-corrected chi connectivity index (χ4v) is 5.44. The normalized spacial score (nSPS) is 16.2. The standard InChI is InChI=1S/C31H32F3N3O4S/c1-2-42(40,41)36-20-24-16-17-37(21-24)30(39)26-12-10-25(11-13-26)28(18-22-6-4-3-5-7-22)29(38)35-19-23-8-14-27(15-9-23)31(32,33)34/h2-15,24,28,36H,1,16-21H2,(H,35,38)/t24-,28?/m1/s1. The van der Waals surface area contributed by atoms with E-state index in [9.17, 15) is 31.2 Å². The summed E-state index contributed by atoms with van der Waals surface area (Å²) in [5.74, 6) is -1.07. The average Bonchev–Trinajstić information content (AvgIpc) is 3.47. The highest BCUT2D eigenvalue weighted by Crippen LogP contribution is 2.29. The number of carbonyl (C=O) groups is 2. The van der Waals surface area contributed by atoms with E-state index in [4.69, 9.17) is 0 Å². The molecule has 2 N–H and O–H groups in total. The molecular weight excluding hydrogens is 567 g/mol. The Balaban J connectivity index is 1.43. The summed E-state index contributed by atoms with van der Waals surface area (Å²) < 4.78 is 64.4. The van der Waals surface area contributed by atoms with E-state index in [2.05, 4.69) is 16.6 Å². The van der Waals surface area contributed by atoms with Crippen LogP contribution < -0.4 is 10.0 Å². The molecule has 2 atom stereocenters. The van der Waals surface area contributed by atoms with Crippen LogP contribution in [0.15, 0.2) is 90.8 Å². The van der Waals surface area contributed by atoms with Crippen LogP contribution in [0, 0.1) is 5.92 Å². The zero-order valence-corrected chi connectivity index (χ0v) is 23.6. The number of carbonyl (C=O) groups excluding carboxylic acids is 2. The highest BCUT2D eigenvalue weighted by Gasteiger charge is 2.30. The van der Waals surface area contributed by atoms with Crippen LogP contribution in [0.25, 0.3) is 0 Å². The Morgan fingerprint density at radius 1 is 0.976 bits per heavy atom. The van der Waals surface area contributed by atoms with Crippen molar-refractivity contribution in [3.05, 3.63) is 119 Å². The zero-order valence-electron chi connectivity index (χ0n) is 22.8. The molecule has 0 radical (unpaired) electrons. The molecule has 3 aromatic rings. The van der Waals surface area contributed by atoms with Crippen LogP contribution in [-0.2, 0) is 34.0 Å². The molecule has 0 saturated carbocycles. The average molecular weight is 600 g/mol. The van der Waals surface area contributed by atoms with Crippen molar-refractivity contribution in [2.75, 3.05) is 19.6 Å². The minimum Gasteiger partial charge on any atom is -0.351 e. The molecule has 11 heteroatoms. The predicted octanol–water partition coefficient (Wildman–Crippen LogP) is 4.87. The van der Waals surface area contributed by atoms with Gasteiger partial charge in [0.05, 0.1) is 11.5 Å². The quantitative estimate of drug-likeness (QED) is 0.329. The lowest BCUT2D eigenvalue weighted by molar-refractivity contribution is -0.137. The van der Waals surface area contributed by atoms with Gasteiger partial charge in [0, 0.05) is 37.2 Å². The Bertz CT molecular complexity index is 1490. The van der Waals surface area contributed by atoms with Gasteiger partial charge < -0.3 is 10.2 Å². The number of amides is 2. The number of likely N-dealkylation sites (tertiary alicyclic amines) is 1. The number of sulfonamides is 1. The topological polar surface area (TPSA) is 95.6 Å². The van der Waals surface area contributed by atoms with Crippen LogP contribution in [0.2, 0.25) is 0 Å². The first-order valence-corrected chi connectivity index (χ1v) is 15.0. The predicted molar refractivity (Wildman–Crippen MR) is 154 cm³/mol. The number of hydrogen-bond donors (Lipinski definition) is 2. The fourth-order valence-electron chi connectivity index (χ4n) is 4.85. The molecule has 1 fully saturated rings. The van der Waals surface area contributed by atoms with Crippen molar-refractivity contribution in [2.24, 2.45) is 5.92 Å². The molecule has 1 heterocycles. The van der Waals surface area contributed by atoms with Gasteiger partial charge >= 0.3 is 6.18 Å². The van der Waals surface area contributed by atoms with E-state index >= 15 is 0 Å². The second-order valence-electron chi connectivity index (χ2n) is 10.2. The number of benzene rings is 3. The van der Waals surface area contributed by atoms with Crippen LogP contribution in [0.1, 0.15) is 45.0 Å². The molecule has 0 spiro atoms. The molecule has 222 valence electrons. The number of rotatable bonds is 11. The Hall–Kier alpha value is -3.96.